The molecule has 0 saturated carbocycles. The molecule has 0 atom stereocenters. The Labute approximate surface area is 116 Å². The third-order valence-corrected chi connectivity index (χ3v) is 1.89. The lowest BCUT2D eigenvalue weighted by molar-refractivity contribution is 0.137. The van der Waals surface area contributed by atoms with E-state index in [0.717, 1.165) is 0 Å². The lowest BCUT2D eigenvalue weighted by Gasteiger charge is -2.21. The highest BCUT2D eigenvalue weighted by Crippen LogP contribution is 2.17. The second-order valence-corrected chi connectivity index (χ2v) is 5.49. The van der Waals surface area contributed by atoms with Gasteiger partial charge < -0.3 is 9.47 Å². The average molecular weight is 299 g/mol. The molecule has 0 aromatic carbocycles. The molecule has 0 spiro atoms. The molecule has 0 heterocycles. The Bertz CT molecular complexity index is 311. The van der Waals surface area contributed by atoms with E-state index in [-0.39, 0.29) is 13.2 Å². The van der Waals surface area contributed by atoms with Crippen LogP contribution in [0.2, 0.25) is 0 Å². The molecule has 0 aromatic rings. The van der Waals surface area contributed by atoms with Gasteiger partial charge in [0.15, 0.2) is 0 Å². The molecule has 0 aliphatic carbocycles. The van der Waals surface area contributed by atoms with Crippen molar-refractivity contribution >= 4 is 34.1 Å². The van der Waals surface area contributed by atoms with E-state index in [0.29, 0.717) is 0 Å². The summed E-state index contributed by atoms with van der Waals surface area (Å²) in [5.74, 6) is 0. The van der Waals surface area contributed by atoms with Crippen molar-refractivity contribution in [2.75, 3.05) is 13.2 Å². The van der Waals surface area contributed by atoms with Crippen molar-refractivity contribution in [1.29, 1.82) is 0 Å². The number of carbonyl (C=O) groups excluding carboxylic acids is 2. The van der Waals surface area contributed by atoms with Crippen LogP contribution in [0.4, 0.5) is 9.59 Å². The largest absolute Gasteiger partial charge is 0.451 e. The number of azo groups is 1. The lowest BCUT2D eigenvalue weighted by Crippen LogP contribution is -2.29. The molecule has 8 heteroatoms. The second-order valence-electron chi connectivity index (χ2n) is 4.88. The molecule has 0 aliphatic heterocycles. The summed E-state index contributed by atoms with van der Waals surface area (Å²) in [6.07, 6.45) is 0. The summed E-state index contributed by atoms with van der Waals surface area (Å²) in [6, 6.07) is 0. The number of nitrogens with zero attached hydrogens (tertiary/aromatic N) is 2. The molecule has 0 aliphatic rings. The molecule has 0 rings (SSSR count). The minimum Gasteiger partial charge on any atom is -0.451 e. The van der Waals surface area contributed by atoms with Gasteiger partial charge in [0.05, 0.1) is 0 Å². The van der Waals surface area contributed by atoms with E-state index >= 15 is 0 Å². The number of carbonyl (C=O) groups is 2. The van der Waals surface area contributed by atoms with Crippen LogP contribution in [-0.4, -0.2) is 35.1 Å². The molecule has 0 saturated heterocycles. The Morgan fingerprint density at radius 3 is 1.39 bits per heavy atom. The van der Waals surface area contributed by atoms with E-state index in [1.807, 2.05) is 0 Å². The monoisotopic (exact) mass is 298 g/mol. The van der Waals surface area contributed by atoms with Crippen LogP contribution in [-0.2, 0) is 9.47 Å². The smallest absolute Gasteiger partial charge is 0.403 e. The minimum atomic E-state index is -0.895. The molecule has 0 fully saturated rings. The highest BCUT2D eigenvalue weighted by Gasteiger charge is 2.24. The van der Waals surface area contributed by atoms with Gasteiger partial charge in [-0.2, -0.15) is 10.2 Å². The lowest BCUT2D eigenvalue weighted by atomic mass is 10.1. The van der Waals surface area contributed by atoms with Gasteiger partial charge >= 0.3 is 10.9 Å². The van der Waals surface area contributed by atoms with Gasteiger partial charge in [0.2, 0.25) is 0 Å². The SMILES string of the molecule is CC(C)(COC(=O)Cl)N=NC(C)(C)COC(=O)Cl. The number of halogens is 2. The minimum absolute atomic E-state index is 0.00417. The fourth-order valence-corrected chi connectivity index (χ4v) is 0.904. The van der Waals surface area contributed by atoms with E-state index in [1.165, 1.54) is 0 Å². The van der Waals surface area contributed by atoms with Crippen LogP contribution in [0.1, 0.15) is 27.7 Å². The Hall–Kier alpha value is -0.880. The zero-order valence-electron chi connectivity index (χ0n) is 10.7. The van der Waals surface area contributed by atoms with Gasteiger partial charge in [0.1, 0.15) is 24.3 Å². The summed E-state index contributed by atoms with van der Waals surface area (Å²) in [5.41, 5.74) is -3.22. The maximum Gasteiger partial charge on any atom is 0.403 e. The van der Waals surface area contributed by atoms with Crippen molar-refractivity contribution in [2.24, 2.45) is 10.2 Å². The van der Waals surface area contributed by atoms with E-state index < -0.39 is 21.9 Å². The summed E-state index contributed by atoms with van der Waals surface area (Å²) in [7, 11) is 0. The van der Waals surface area contributed by atoms with E-state index in [2.05, 4.69) is 19.7 Å². The summed E-state index contributed by atoms with van der Waals surface area (Å²) in [5, 5.41) is 8.06. The Kier molecular flexibility index (Phi) is 6.56. The van der Waals surface area contributed by atoms with Crippen molar-refractivity contribution in [3.05, 3.63) is 0 Å². The standard InChI is InChI=1S/C10H16Cl2N2O4/c1-9(2,5-17-7(11)15)13-14-10(3,4)6-18-8(12)16/h5-6H2,1-4H3. The first-order chi connectivity index (χ1) is 8.04. The Morgan fingerprint density at radius 1 is 0.889 bits per heavy atom. The summed E-state index contributed by atoms with van der Waals surface area (Å²) in [4.78, 5) is 20.9. The summed E-state index contributed by atoms with van der Waals surface area (Å²) in [6.45, 7) is 6.90. The van der Waals surface area contributed by atoms with Crippen molar-refractivity contribution < 1.29 is 19.1 Å². The van der Waals surface area contributed by atoms with E-state index in [9.17, 15) is 9.59 Å². The highest BCUT2D eigenvalue weighted by atomic mass is 35.5. The molecule has 104 valence electrons. The molecular formula is C10H16Cl2N2O4. The fourth-order valence-electron chi connectivity index (χ4n) is 0.795. The van der Waals surface area contributed by atoms with Gasteiger partial charge in [-0.25, -0.2) is 9.59 Å². The molecule has 18 heavy (non-hydrogen) atoms. The molecule has 0 radical (unpaired) electrons. The molecular weight excluding hydrogens is 283 g/mol. The molecule has 0 aromatic heterocycles. The van der Waals surface area contributed by atoms with Crippen LogP contribution in [0.3, 0.4) is 0 Å². The molecule has 0 bridgehead atoms. The maximum absolute atomic E-state index is 10.5. The second kappa shape index (κ2) is 6.89. The summed E-state index contributed by atoms with van der Waals surface area (Å²) >= 11 is 10.1. The van der Waals surface area contributed by atoms with Crippen LogP contribution >= 0.6 is 23.2 Å². The molecule has 6 nitrogen and oxygen atoms in total. The van der Waals surface area contributed by atoms with Gasteiger partial charge in [0, 0.05) is 23.2 Å². The Balaban J connectivity index is 4.40. The molecule has 0 unspecified atom stereocenters. The molecule has 0 amide bonds. The maximum atomic E-state index is 10.5. The van der Waals surface area contributed by atoms with Crippen LogP contribution in [0.25, 0.3) is 0 Å². The number of ether oxygens (including phenoxy) is 2. The van der Waals surface area contributed by atoms with E-state index in [4.69, 9.17) is 23.2 Å². The third kappa shape index (κ3) is 9.18. The first kappa shape index (κ1) is 17.1. The van der Waals surface area contributed by atoms with Gasteiger partial charge in [-0.05, 0) is 27.7 Å². The fraction of sp³-hybridized carbons (Fsp3) is 0.800. The zero-order chi connectivity index (χ0) is 14.4. The van der Waals surface area contributed by atoms with Gasteiger partial charge in [-0.3, -0.25) is 0 Å². The van der Waals surface area contributed by atoms with E-state index in [1.54, 1.807) is 27.7 Å². The average Bonchev–Trinajstić information content (AvgIpc) is 2.22. The highest BCUT2D eigenvalue weighted by molar-refractivity contribution is 6.61. The van der Waals surface area contributed by atoms with Crippen molar-refractivity contribution in [3.63, 3.8) is 0 Å². The first-order valence-corrected chi connectivity index (χ1v) is 5.88. The zero-order valence-corrected chi connectivity index (χ0v) is 12.2. The Morgan fingerprint density at radius 2 is 1.17 bits per heavy atom. The van der Waals surface area contributed by atoms with Crippen LogP contribution < -0.4 is 0 Å². The van der Waals surface area contributed by atoms with Gasteiger partial charge in [-0.15, -0.1) is 0 Å². The number of hydrogen-bond acceptors (Lipinski definition) is 6. The normalized spacial score (nSPS) is 12.6. The third-order valence-electron chi connectivity index (χ3n) is 1.67. The predicted molar refractivity (Wildman–Crippen MR) is 67.4 cm³/mol. The number of hydrogen-bond donors (Lipinski definition) is 0. The summed E-state index contributed by atoms with van der Waals surface area (Å²) < 4.78 is 9.27. The quantitative estimate of drug-likeness (QED) is 0.553. The first-order valence-electron chi connectivity index (χ1n) is 5.13. The molecule has 0 N–H and O–H groups in total. The van der Waals surface area contributed by atoms with Crippen LogP contribution in [0, 0.1) is 0 Å². The van der Waals surface area contributed by atoms with Gasteiger partial charge in [-0.1, -0.05) is 0 Å². The predicted octanol–water partition coefficient (Wildman–Crippen LogP) is 3.75. The van der Waals surface area contributed by atoms with Crippen molar-refractivity contribution in [1.82, 2.24) is 0 Å². The number of rotatable bonds is 6. The van der Waals surface area contributed by atoms with Gasteiger partial charge in [0.25, 0.3) is 0 Å². The van der Waals surface area contributed by atoms with Crippen molar-refractivity contribution in [3.8, 4) is 0 Å². The van der Waals surface area contributed by atoms with Crippen LogP contribution in [0.5, 0.6) is 0 Å². The van der Waals surface area contributed by atoms with Crippen molar-refractivity contribution in [2.45, 2.75) is 38.8 Å². The van der Waals surface area contributed by atoms with Crippen LogP contribution in [0.15, 0.2) is 10.2 Å². The topological polar surface area (TPSA) is 77.3 Å².